The maximum absolute atomic E-state index is 12.9. The summed E-state index contributed by atoms with van der Waals surface area (Å²) < 4.78 is 19.5. The van der Waals surface area contributed by atoms with Gasteiger partial charge in [-0.1, -0.05) is 0 Å². The number of halogens is 1. The van der Waals surface area contributed by atoms with E-state index in [4.69, 9.17) is 4.74 Å². The first-order valence-electron chi connectivity index (χ1n) is 7.24. The SMILES string of the molecule is COc1cc(CNC(=O)c2ccn(-c3ccc(F)cc3)n2)ccn1. The molecule has 0 saturated carbocycles. The lowest BCUT2D eigenvalue weighted by Gasteiger charge is -2.05. The van der Waals surface area contributed by atoms with Crippen LogP contribution in [0.1, 0.15) is 16.1 Å². The van der Waals surface area contributed by atoms with Gasteiger partial charge in [0, 0.05) is 25.0 Å². The van der Waals surface area contributed by atoms with Crippen molar-refractivity contribution in [1.29, 1.82) is 0 Å². The van der Waals surface area contributed by atoms with E-state index in [2.05, 4.69) is 15.4 Å². The molecule has 3 rings (SSSR count). The summed E-state index contributed by atoms with van der Waals surface area (Å²) in [4.78, 5) is 16.2. The zero-order valence-electron chi connectivity index (χ0n) is 12.9. The number of rotatable bonds is 5. The number of hydrogen-bond donors (Lipinski definition) is 1. The highest BCUT2D eigenvalue weighted by Crippen LogP contribution is 2.10. The first-order chi connectivity index (χ1) is 11.7. The van der Waals surface area contributed by atoms with E-state index < -0.39 is 0 Å². The van der Waals surface area contributed by atoms with Gasteiger partial charge >= 0.3 is 0 Å². The van der Waals surface area contributed by atoms with Crippen LogP contribution in [0.4, 0.5) is 4.39 Å². The Bertz CT molecular complexity index is 846. The standard InChI is InChI=1S/C17H15FN4O2/c1-24-16-10-12(6-8-19-16)11-20-17(23)15-7-9-22(21-15)14-4-2-13(18)3-5-14/h2-10H,11H2,1H3,(H,20,23). The second-order valence-corrected chi connectivity index (χ2v) is 5.01. The number of carbonyl (C=O) groups is 1. The van der Waals surface area contributed by atoms with Crippen LogP contribution in [0.3, 0.4) is 0 Å². The monoisotopic (exact) mass is 326 g/mol. The first-order valence-corrected chi connectivity index (χ1v) is 7.24. The van der Waals surface area contributed by atoms with Crippen molar-refractivity contribution in [2.75, 3.05) is 7.11 Å². The van der Waals surface area contributed by atoms with Crippen LogP contribution >= 0.6 is 0 Å². The van der Waals surface area contributed by atoms with E-state index in [0.717, 1.165) is 5.56 Å². The van der Waals surface area contributed by atoms with Crippen LogP contribution < -0.4 is 10.1 Å². The van der Waals surface area contributed by atoms with Crippen molar-refractivity contribution in [3.05, 3.63) is 71.9 Å². The fourth-order valence-corrected chi connectivity index (χ4v) is 2.13. The number of pyridine rings is 1. The number of methoxy groups -OCH3 is 1. The maximum atomic E-state index is 12.9. The minimum atomic E-state index is -0.323. The molecule has 0 bridgehead atoms. The van der Waals surface area contributed by atoms with E-state index in [1.165, 1.54) is 23.9 Å². The van der Waals surface area contributed by atoms with Gasteiger partial charge in [0.05, 0.1) is 12.8 Å². The third-order valence-electron chi connectivity index (χ3n) is 3.37. The molecule has 0 spiro atoms. The Morgan fingerprint density at radius 2 is 2.04 bits per heavy atom. The summed E-state index contributed by atoms with van der Waals surface area (Å²) in [6, 6.07) is 11.0. The fourth-order valence-electron chi connectivity index (χ4n) is 2.13. The number of carbonyl (C=O) groups excluding carboxylic acids is 1. The molecule has 0 aliphatic heterocycles. The first kappa shape index (κ1) is 15.7. The molecule has 24 heavy (non-hydrogen) atoms. The van der Waals surface area contributed by atoms with E-state index in [1.807, 2.05) is 0 Å². The van der Waals surface area contributed by atoms with Crippen molar-refractivity contribution in [2.24, 2.45) is 0 Å². The molecule has 7 heteroatoms. The van der Waals surface area contributed by atoms with Gasteiger partial charge in [-0.2, -0.15) is 5.10 Å². The molecule has 0 radical (unpaired) electrons. The zero-order valence-corrected chi connectivity index (χ0v) is 12.9. The molecular weight excluding hydrogens is 311 g/mol. The highest BCUT2D eigenvalue weighted by Gasteiger charge is 2.10. The van der Waals surface area contributed by atoms with E-state index in [-0.39, 0.29) is 17.4 Å². The van der Waals surface area contributed by atoms with Crippen LogP contribution in [-0.4, -0.2) is 27.8 Å². The number of aromatic nitrogens is 3. The van der Waals surface area contributed by atoms with Crippen molar-refractivity contribution in [3.8, 4) is 11.6 Å². The summed E-state index contributed by atoms with van der Waals surface area (Å²) in [7, 11) is 1.53. The van der Waals surface area contributed by atoms with E-state index in [1.54, 1.807) is 42.7 Å². The van der Waals surface area contributed by atoms with Gasteiger partial charge in [0.2, 0.25) is 5.88 Å². The quantitative estimate of drug-likeness (QED) is 0.781. The second kappa shape index (κ2) is 6.91. The average Bonchev–Trinajstić information content (AvgIpc) is 3.10. The molecule has 122 valence electrons. The van der Waals surface area contributed by atoms with E-state index in [9.17, 15) is 9.18 Å². The molecule has 1 N–H and O–H groups in total. The van der Waals surface area contributed by atoms with Crippen molar-refractivity contribution < 1.29 is 13.9 Å². The summed E-state index contributed by atoms with van der Waals surface area (Å²) in [5.74, 6) is -0.134. The summed E-state index contributed by atoms with van der Waals surface area (Å²) in [5.41, 5.74) is 1.82. The normalized spacial score (nSPS) is 10.4. The highest BCUT2D eigenvalue weighted by molar-refractivity contribution is 5.92. The van der Waals surface area contributed by atoms with Gasteiger partial charge in [0.15, 0.2) is 5.69 Å². The predicted octanol–water partition coefficient (Wildman–Crippen LogP) is 2.35. The zero-order chi connectivity index (χ0) is 16.9. The Morgan fingerprint density at radius 1 is 1.25 bits per heavy atom. The molecule has 0 aliphatic carbocycles. The lowest BCUT2D eigenvalue weighted by Crippen LogP contribution is -2.23. The molecule has 1 amide bonds. The molecule has 6 nitrogen and oxygen atoms in total. The van der Waals surface area contributed by atoms with Crippen molar-refractivity contribution >= 4 is 5.91 Å². The number of ether oxygens (including phenoxy) is 1. The molecule has 0 saturated heterocycles. The molecule has 1 aromatic carbocycles. The van der Waals surface area contributed by atoms with Crippen LogP contribution in [0.5, 0.6) is 5.88 Å². The molecule has 0 atom stereocenters. The summed E-state index contributed by atoms with van der Waals surface area (Å²) >= 11 is 0. The Labute approximate surface area is 137 Å². The lowest BCUT2D eigenvalue weighted by atomic mass is 10.2. The molecule has 0 aliphatic rings. The molecule has 2 heterocycles. The number of nitrogens with one attached hydrogen (secondary N) is 1. The predicted molar refractivity (Wildman–Crippen MR) is 85.5 cm³/mol. The van der Waals surface area contributed by atoms with Crippen LogP contribution in [0.25, 0.3) is 5.69 Å². The topological polar surface area (TPSA) is 69.0 Å². The Kier molecular flexibility index (Phi) is 4.51. The third kappa shape index (κ3) is 3.57. The van der Waals surface area contributed by atoms with Gasteiger partial charge in [0.1, 0.15) is 5.82 Å². The third-order valence-corrected chi connectivity index (χ3v) is 3.37. The van der Waals surface area contributed by atoms with E-state index in [0.29, 0.717) is 18.1 Å². The van der Waals surface area contributed by atoms with Gasteiger partial charge in [0.25, 0.3) is 5.91 Å². The van der Waals surface area contributed by atoms with Gasteiger partial charge in [-0.15, -0.1) is 0 Å². The number of hydrogen-bond acceptors (Lipinski definition) is 4. The van der Waals surface area contributed by atoms with E-state index >= 15 is 0 Å². The number of benzene rings is 1. The van der Waals surface area contributed by atoms with Crippen LogP contribution in [0.2, 0.25) is 0 Å². The highest BCUT2D eigenvalue weighted by atomic mass is 19.1. The van der Waals surface area contributed by atoms with Gasteiger partial charge in [-0.25, -0.2) is 14.1 Å². The van der Waals surface area contributed by atoms with Gasteiger partial charge in [-0.05, 0) is 42.0 Å². The smallest absolute Gasteiger partial charge is 0.272 e. The van der Waals surface area contributed by atoms with Gasteiger partial charge < -0.3 is 10.1 Å². The summed E-state index contributed by atoms with van der Waals surface area (Å²) in [5, 5.41) is 6.98. The van der Waals surface area contributed by atoms with Crippen molar-refractivity contribution in [1.82, 2.24) is 20.1 Å². The summed E-state index contributed by atoms with van der Waals surface area (Å²) in [6.07, 6.45) is 3.27. The largest absolute Gasteiger partial charge is 0.481 e. The molecule has 3 aromatic rings. The van der Waals surface area contributed by atoms with Crippen LogP contribution in [0.15, 0.2) is 54.9 Å². The average molecular weight is 326 g/mol. The second-order valence-electron chi connectivity index (χ2n) is 5.01. The van der Waals surface area contributed by atoms with Crippen molar-refractivity contribution in [3.63, 3.8) is 0 Å². The minimum absolute atomic E-state index is 0.278. The van der Waals surface area contributed by atoms with Crippen LogP contribution in [-0.2, 0) is 6.54 Å². The molecule has 2 aromatic heterocycles. The summed E-state index contributed by atoms with van der Waals surface area (Å²) in [6.45, 7) is 0.334. The van der Waals surface area contributed by atoms with Crippen LogP contribution in [0, 0.1) is 5.82 Å². The number of nitrogens with zero attached hydrogens (tertiary/aromatic N) is 3. The van der Waals surface area contributed by atoms with Gasteiger partial charge in [-0.3, -0.25) is 4.79 Å². The Morgan fingerprint density at radius 3 is 2.79 bits per heavy atom. The molecular formula is C17H15FN4O2. The fraction of sp³-hybridized carbons (Fsp3) is 0.118. The number of amides is 1. The minimum Gasteiger partial charge on any atom is -0.481 e. The Hall–Kier alpha value is -3.22. The maximum Gasteiger partial charge on any atom is 0.272 e. The van der Waals surface area contributed by atoms with Crippen molar-refractivity contribution in [2.45, 2.75) is 6.54 Å². The molecule has 0 fully saturated rings. The lowest BCUT2D eigenvalue weighted by molar-refractivity contribution is 0.0945. The molecule has 0 unspecified atom stereocenters. The Balaban J connectivity index is 1.66.